The van der Waals surface area contributed by atoms with Crippen LogP contribution in [0.4, 0.5) is 5.69 Å². The van der Waals surface area contributed by atoms with E-state index < -0.39 is 0 Å². The lowest BCUT2D eigenvalue weighted by atomic mass is 10.2. The molecule has 6 heteroatoms. The summed E-state index contributed by atoms with van der Waals surface area (Å²) < 4.78 is 6.77. The number of benzene rings is 1. The molecule has 0 aliphatic carbocycles. The summed E-state index contributed by atoms with van der Waals surface area (Å²) in [5, 5.41) is 10.7. The van der Waals surface area contributed by atoms with Gasteiger partial charge >= 0.3 is 0 Å². The fourth-order valence-corrected chi connectivity index (χ4v) is 2.06. The Balaban J connectivity index is 1.66. The maximum atomic E-state index is 12.1. The number of amides is 1. The molecule has 1 amide bonds. The van der Waals surface area contributed by atoms with Crippen LogP contribution < -0.4 is 5.32 Å². The number of nitrogens with one attached hydrogen (secondary N) is 1. The van der Waals surface area contributed by atoms with Crippen molar-refractivity contribution in [3.05, 3.63) is 72.4 Å². The molecular weight excluding hydrogens is 292 g/mol. The van der Waals surface area contributed by atoms with Crippen LogP contribution in [0.3, 0.4) is 0 Å². The van der Waals surface area contributed by atoms with Crippen molar-refractivity contribution in [1.29, 1.82) is 0 Å². The number of aromatic nitrogens is 3. The molecule has 2 aromatic heterocycles. The summed E-state index contributed by atoms with van der Waals surface area (Å²) in [6, 6.07) is 11.5. The largest absolute Gasteiger partial charge is 0.350 e. The van der Waals surface area contributed by atoms with Crippen molar-refractivity contribution in [3.8, 4) is 0 Å². The summed E-state index contributed by atoms with van der Waals surface area (Å²) in [6.07, 6.45) is 3.36. The molecule has 0 aliphatic heterocycles. The Labute approximate surface area is 133 Å². The van der Waals surface area contributed by atoms with E-state index >= 15 is 0 Å². The summed E-state index contributed by atoms with van der Waals surface area (Å²) in [4.78, 5) is 12.1. The van der Waals surface area contributed by atoms with E-state index in [-0.39, 0.29) is 11.7 Å². The third-order valence-corrected chi connectivity index (χ3v) is 3.25. The molecule has 3 rings (SSSR count). The summed E-state index contributed by atoms with van der Waals surface area (Å²) in [5.74, 6) is -0.233. The van der Waals surface area contributed by atoms with E-state index in [0.717, 1.165) is 11.1 Å². The van der Waals surface area contributed by atoms with Crippen molar-refractivity contribution in [2.24, 2.45) is 0 Å². The van der Waals surface area contributed by atoms with Gasteiger partial charge in [-0.1, -0.05) is 42.1 Å². The van der Waals surface area contributed by atoms with E-state index in [9.17, 15) is 4.79 Å². The van der Waals surface area contributed by atoms with Crippen molar-refractivity contribution in [2.45, 2.75) is 13.5 Å². The lowest BCUT2D eigenvalue weighted by molar-refractivity contribution is 0.0988. The predicted octanol–water partition coefficient (Wildman–Crippen LogP) is 3.20. The highest BCUT2D eigenvalue weighted by molar-refractivity contribution is 6.02. The minimum atomic E-state index is -0.371. The molecule has 6 nitrogen and oxygen atoms in total. The van der Waals surface area contributed by atoms with Crippen molar-refractivity contribution in [1.82, 2.24) is 14.9 Å². The van der Waals surface area contributed by atoms with Gasteiger partial charge in [-0.3, -0.25) is 9.48 Å². The van der Waals surface area contributed by atoms with Gasteiger partial charge in [0, 0.05) is 12.3 Å². The van der Waals surface area contributed by atoms with Crippen LogP contribution in [-0.4, -0.2) is 20.8 Å². The van der Waals surface area contributed by atoms with Crippen LogP contribution in [0.15, 0.2) is 59.9 Å². The molecule has 0 saturated heterocycles. The zero-order chi connectivity index (χ0) is 16.2. The number of hydrogen-bond donors (Lipinski definition) is 1. The monoisotopic (exact) mass is 308 g/mol. The average molecular weight is 308 g/mol. The molecule has 0 atom stereocenters. The van der Waals surface area contributed by atoms with Gasteiger partial charge in [-0.25, -0.2) is 0 Å². The maximum Gasteiger partial charge on any atom is 0.294 e. The summed E-state index contributed by atoms with van der Waals surface area (Å²) in [6.45, 7) is 6.19. The van der Waals surface area contributed by atoms with Gasteiger partial charge in [0.2, 0.25) is 5.76 Å². The van der Waals surface area contributed by atoms with Crippen LogP contribution in [0.2, 0.25) is 0 Å². The zero-order valence-electron chi connectivity index (χ0n) is 12.7. The van der Waals surface area contributed by atoms with Gasteiger partial charge in [-0.2, -0.15) is 5.10 Å². The van der Waals surface area contributed by atoms with E-state index in [1.54, 1.807) is 30.1 Å². The second-order valence-electron chi connectivity index (χ2n) is 5.22. The van der Waals surface area contributed by atoms with E-state index in [2.05, 4.69) is 22.2 Å². The molecule has 0 saturated carbocycles. The summed E-state index contributed by atoms with van der Waals surface area (Å²) >= 11 is 0. The lowest BCUT2D eigenvalue weighted by Crippen LogP contribution is -2.10. The van der Waals surface area contributed by atoms with Crippen molar-refractivity contribution >= 4 is 17.2 Å². The Hall–Kier alpha value is -3.15. The van der Waals surface area contributed by atoms with Gasteiger partial charge < -0.3 is 9.84 Å². The van der Waals surface area contributed by atoms with Gasteiger partial charge in [0.1, 0.15) is 5.69 Å². The quantitative estimate of drug-likeness (QED) is 0.785. The van der Waals surface area contributed by atoms with Gasteiger partial charge in [0.15, 0.2) is 0 Å². The summed E-state index contributed by atoms with van der Waals surface area (Å²) in [5.41, 5.74) is 3.03. The standard InChI is InChI=1S/C17H16N4O2/c1-12(2)15-8-16(23-20-15)17(22)19-14-9-18-21(11-14)10-13-6-4-3-5-7-13/h3-9,11H,1,10H2,2H3,(H,19,22). The Morgan fingerprint density at radius 2 is 2.13 bits per heavy atom. The summed E-state index contributed by atoms with van der Waals surface area (Å²) in [7, 11) is 0. The minimum Gasteiger partial charge on any atom is -0.350 e. The Bertz CT molecular complexity index is 833. The minimum absolute atomic E-state index is 0.138. The number of rotatable bonds is 5. The van der Waals surface area contributed by atoms with Gasteiger partial charge in [-0.15, -0.1) is 0 Å². The van der Waals surface area contributed by atoms with Crippen molar-refractivity contribution < 1.29 is 9.32 Å². The topological polar surface area (TPSA) is 73.0 Å². The highest BCUT2D eigenvalue weighted by Crippen LogP contribution is 2.14. The third kappa shape index (κ3) is 3.55. The predicted molar refractivity (Wildman–Crippen MR) is 86.9 cm³/mol. The van der Waals surface area contributed by atoms with E-state index in [0.29, 0.717) is 17.9 Å². The van der Waals surface area contributed by atoms with Crippen molar-refractivity contribution in [2.75, 3.05) is 5.32 Å². The Kier molecular flexibility index (Phi) is 4.05. The van der Waals surface area contributed by atoms with Crippen LogP contribution in [0.25, 0.3) is 5.57 Å². The molecule has 1 aromatic carbocycles. The third-order valence-electron chi connectivity index (χ3n) is 3.25. The molecule has 2 heterocycles. The van der Waals surface area contributed by atoms with Crippen LogP contribution in [0.1, 0.15) is 28.7 Å². The molecule has 0 fully saturated rings. The molecule has 3 aromatic rings. The second kappa shape index (κ2) is 6.31. The lowest BCUT2D eigenvalue weighted by Gasteiger charge is -2.01. The number of nitrogens with zero attached hydrogens (tertiary/aromatic N) is 3. The number of carbonyl (C=O) groups is 1. The normalized spacial score (nSPS) is 10.5. The molecule has 0 aliphatic rings. The number of hydrogen-bond acceptors (Lipinski definition) is 4. The number of carbonyl (C=O) groups excluding carboxylic acids is 1. The first-order valence-corrected chi connectivity index (χ1v) is 7.12. The molecule has 0 spiro atoms. The fraction of sp³-hybridized carbons (Fsp3) is 0.118. The van der Waals surface area contributed by atoms with E-state index in [4.69, 9.17) is 4.52 Å². The molecule has 116 valence electrons. The molecule has 0 unspecified atom stereocenters. The molecule has 0 radical (unpaired) electrons. The smallest absolute Gasteiger partial charge is 0.294 e. The first-order chi connectivity index (χ1) is 11.1. The molecular formula is C17H16N4O2. The molecule has 1 N–H and O–H groups in total. The van der Waals surface area contributed by atoms with Crippen LogP contribution in [-0.2, 0) is 6.54 Å². The Morgan fingerprint density at radius 3 is 2.83 bits per heavy atom. The van der Waals surface area contributed by atoms with Crippen LogP contribution in [0.5, 0.6) is 0 Å². The number of allylic oxidation sites excluding steroid dienone is 1. The first-order valence-electron chi connectivity index (χ1n) is 7.12. The van der Waals surface area contributed by atoms with Gasteiger partial charge in [-0.05, 0) is 18.1 Å². The Morgan fingerprint density at radius 1 is 1.35 bits per heavy atom. The fourth-order valence-electron chi connectivity index (χ4n) is 2.06. The highest BCUT2D eigenvalue weighted by Gasteiger charge is 2.14. The van der Waals surface area contributed by atoms with Crippen molar-refractivity contribution in [3.63, 3.8) is 0 Å². The van der Waals surface area contributed by atoms with Gasteiger partial charge in [0.05, 0.1) is 18.4 Å². The van der Waals surface area contributed by atoms with E-state index in [1.807, 2.05) is 30.3 Å². The second-order valence-corrected chi connectivity index (χ2v) is 5.22. The molecule has 0 bridgehead atoms. The highest BCUT2D eigenvalue weighted by atomic mass is 16.5. The van der Waals surface area contributed by atoms with Crippen LogP contribution in [0, 0.1) is 0 Å². The zero-order valence-corrected chi connectivity index (χ0v) is 12.7. The molecule has 23 heavy (non-hydrogen) atoms. The van der Waals surface area contributed by atoms with E-state index in [1.165, 1.54) is 0 Å². The average Bonchev–Trinajstić information content (AvgIpc) is 3.18. The SMILES string of the molecule is C=C(C)c1cc(C(=O)Nc2cnn(Cc3ccccc3)c2)on1. The maximum absolute atomic E-state index is 12.1. The first kappa shape index (κ1) is 14.8. The number of anilines is 1. The van der Waals surface area contributed by atoms with Gasteiger partial charge in [0.25, 0.3) is 5.91 Å². The van der Waals surface area contributed by atoms with Crippen LogP contribution >= 0.6 is 0 Å².